The van der Waals surface area contributed by atoms with E-state index >= 15 is 0 Å². The Balaban J connectivity index is 1.44. The first-order chi connectivity index (χ1) is 16.7. The van der Waals surface area contributed by atoms with Gasteiger partial charge in [0.1, 0.15) is 17.1 Å². The lowest BCUT2D eigenvalue weighted by molar-refractivity contribution is 0.102. The minimum atomic E-state index is -0.294. The number of anilines is 4. The molecular weight excluding hydrogens is 426 g/mol. The van der Waals surface area contributed by atoms with Crippen LogP contribution in [0.2, 0.25) is 0 Å². The van der Waals surface area contributed by atoms with Crippen LogP contribution in [0.5, 0.6) is 11.5 Å². The summed E-state index contributed by atoms with van der Waals surface area (Å²) in [4.78, 5) is 15.1. The van der Waals surface area contributed by atoms with Gasteiger partial charge in [0.2, 0.25) is 0 Å². The quantitative estimate of drug-likeness (QED) is 0.379. The molecule has 6 nitrogen and oxygen atoms in total. The largest absolute Gasteiger partial charge is 0.496 e. The number of rotatable bonds is 5. The topological polar surface area (TPSA) is 62.8 Å². The third kappa shape index (κ3) is 3.90. The first-order valence-electron chi connectivity index (χ1n) is 11.0. The monoisotopic (exact) mass is 451 g/mol. The van der Waals surface area contributed by atoms with Gasteiger partial charge in [-0.3, -0.25) is 4.79 Å². The molecule has 2 N–H and O–H groups in total. The van der Waals surface area contributed by atoms with Crippen LogP contribution >= 0.6 is 0 Å². The smallest absolute Gasteiger partial charge is 0.263 e. The van der Waals surface area contributed by atoms with Crippen LogP contribution in [0.1, 0.15) is 10.4 Å². The van der Waals surface area contributed by atoms with Gasteiger partial charge in [0.25, 0.3) is 5.91 Å². The van der Waals surface area contributed by atoms with Crippen molar-refractivity contribution in [1.29, 1.82) is 0 Å². The number of carbonyl (C=O) groups excluding carboxylic acids is 1. The fourth-order valence-electron chi connectivity index (χ4n) is 4.25. The van der Waals surface area contributed by atoms with Crippen molar-refractivity contribution in [3.8, 4) is 11.5 Å². The van der Waals surface area contributed by atoms with Gasteiger partial charge >= 0.3 is 0 Å². The molecule has 0 saturated heterocycles. The average Bonchev–Trinajstić information content (AvgIpc) is 3.11. The lowest BCUT2D eigenvalue weighted by Gasteiger charge is -2.23. The van der Waals surface area contributed by atoms with E-state index in [9.17, 15) is 4.79 Å². The fourth-order valence-corrected chi connectivity index (χ4v) is 4.25. The Morgan fingerprint density at radius 2 is 1.62 bits per heavy atom. The zero-order valence-electron chi connectivity index (χ0n) is 19.0. The van der Waals surface area contributed by atoms with Gasteiger partial charge in [-0.2, -0.15) is 0 Å². The van der Waals surface area contributed by atoms with Crippen molar-refractivity contribution >= 4 is 39.4 Å². The molecule has 4 aromatic carbocycles. The molecule has 6 heteroatoms. The van der Waals surface area contributed by atoms with Crippen molar-refractivity contribution in [3.05, 3.63) is 96.7 Å². The number of hydrogen-bond donors (Lipinski definition) is 2. The number of ether oxygens (including phenoxy) is 2. The molecule has 0 unspecified atom stereocenters. The molecule has 34 heavy (non-hydrogen) atoms. The van der Waals surface area contributed by atoms with Crippen LogP contribution in [-0.4, -0.2) is 26.7 Å². The van der Waals surface area contributed by atoms with Crippen molar-refractivity contribution in [1.82, 2.24) is 0 Å². The number of nitrogens with zero attached hydrogens (tertiary/aromatic N) is 1. The summed E-state index contributed by atoms with van der Waals surface area (Å²) in [5, 5.41) is 8.86. The highest BCUT2D eigenvalue weighted by Crippen LogP contribution is 2.39. The molecule has 0 aliphatic carbocycles. The Morgan fingerprint density at radius 3 is 2.35 bits per heavy atom. The van der Waals surface area contributed by atoms with E-state index in [1.54, 1.807) is 18.2 Å². The number of fused-ring (bicyclic) bond motifs is 3. The van der Waals surface area contributed by atoms with Crippen LogP contribution < -0.4 is 25.0 Å². The number of hydrogen-bond acceptors (Lipinski definition) is 5. The maximum Gasteiger partial charge on any atom is 0.263 e. The molecule has 0 fully saturated rings. The van der Waals surface area contributed by atoms with Crippen molar-refractivity contribution in [2.24, 2.45) is 0 Å². The summed E-state index contributed by atoms with van der Waals surface area (Å²) < 4.78 is 10.7. The molecule has 4 aromatic rings. The van der Waals surface area contributed by atoms with Gasteiger partial charge in [-0.1, -0.05) is 36.4 Å². The number of nitrogens with one attached hydrogen (secondary N) is 2. The van der Waals surface area contributed by atoms with E-state index in [0.717, 1.165) is 23.6 Å². The summed E-state index contributed by atoms with van der Waals surface area (Å²) in [5.41, 5.74) is 4.20. The van der Waals surface area contributed by atoms with E-state index < -0.39 is 0 Å². The van der Waals surface area contributed by atoms with Crippen LogP contribution in [0, 0.1) is 0 Å². The number of carbonyl (C=O) groups is 1. The van der Waals surface area contributed by atoms with E-state index in [1.807, 2.05) is 24.3 Å². The summed E-state index contributed by atoms with van der Waals surface area (Å²) in [6.07, 6.45) is 4.17. The van der Waals surface area contributed by atoms with E-state index in [-0.39, 0.29) is 5.91 Å². The standard InChI is InChI=1S/C28H25N3O3/c1-33-24-9-5-10-25(34-2)26(24)28(32)30-20-12-14-21(15-13-20)31-18-6-17-29-27-22-8-4-3-7-19(22)11-16-23(27)31/h3-16,18,29H,17H2,1-2H3,(H,30,32). The second-order valence-electron chi connectivity index (χ2n) is 7.86. The molecule has 0 atom stereocenters. The van der Waals surface area contributed by atoms with Crippen LogP contribution in [0.15, 0.2) is 91.1 Å². The Kier molecular flexibility index (Phi) is 5.79. The van der Waals surface area contributed by atoms with Crippen LogP contribution in [0.25, 0.3) is 10.8 Å². The second-order valence-corrected chi connectivity index (χ2v) is 7.86. The van der Waals surface area contributed by atoms with Gasteiger partial charge in [0.15, 0.2) is 0 Å². The number of amides is 1. The van der Waals surface area contributed by atoms with E-state index in [2.05, 4.69) is 64.2 Å². The predicted molar refractivity (Wildman–Crippen MR) is 138 cm³/mol. The molecule has 0 bridgehead atoms. The first kappa shape index (κ1) is 21.4. The molecule has 1 heterocycles. The average molecular weight is 452 g/mol. The molecule has 0 radical (unpaired) electrons. The van der Waals surface area contributed by atoms with E-state index in [4.69, 9.17) is 9.47 Å². The van der Waals surface area contributed by atoms with E-state index in [1.165, 1.54) is 25.0 Å². The highest BCUT2D eigenvalue weighted by molar-refractivity contribution is 6.08. The summed E-state index contributed by atoms with van der Waals surface area (Å²) in [6, 6.07) is 25.6. The lowest BCUT2D eigenvalue weighted by Crippen LogP contribution is -2.15. The highest BCUT2D eigenvalue weighted by atomic mass is 16.5. The Morgan fingerprint density at radius 1 is 0.882 bits per heavy atom. The van der Waals surface area contributed by atoms with Gasteiger partial charge < -0.3 is 25.0 Å². The summed E-state index contributed by atoms with van der Waals surface area (Å²) in [7, 11) is 3.07. The zero-order chi connectivity index (χ0) is 23.5. The molecule has 1 aliphatic rings. The summed E-state index contributed by atoms with van der Waals surface area (Å²) in [5.74, 6) is 0.622. The summed E-state index contributed by atoms with van der Waals surface area (Å²) >= 11 is 0. The number of benzene rings is 4. The zero-order valence-corrected chi connectivity index (χ0v) is 19.0. The Bertz CT molecular complexity index is 1360. The predicted octanol–water partition coefficient (Wildman–Crippen LogP) is 6.19. The molecule has 0 saturated carbocycles. The van der Waals surface area contributed by atoms with Gasteiger partial charge in [0.05, 0.1) is 25.6 Å². The second kappa shape index (κ2) is 9.19. The summed E-state index contributed by atoms with van der Waals surface area (Å²) in [6.45, 7) is 0.742. The maximum absolute atomic E-state index is 13.0. The molecule has 170 valence electrons. The lowest BCUT2D eigenvalue weighted by atomic mass is 10.1. The number of methoxy groups -OCH3 is 2. The molecule has 1 aliphatic heterocycles. The molecule has 1 amide bonds. The van der Waals surface area contributed by atoms with Gasteiger partial charge in [0, 0.05) is 29.5 Å². The molecule has 5 rings (SSSR count). The van der Waals surface area contributed by atoms with Crippen LogP contribution in [-0.2, 0) is 0 Å². The first-order valence-corrected chi connectivity index (χ1v) is 11.0. The highest BCUT2D eigenvalue weighted by Gasteiger charge is 2.19. The fraction of sp³-hybridized carbons (Fsp3) is 0.107. The molecule has 0 aromatic heterocycles. The molecule has 0 spiro atoms. The van der Waals surface area contributed by atoms with Crippen molar-refractivity contribution in [2.75, 3.05) is 36.3 Å². The third-order valence-corrected chi connectivity index (χ3v) is 5.88. The van der Waals surface area contributed by atoms with Gasteiger partial charge in [-0.05, 0) is 53.9 Å². The van der Waals surface area contributed by atoms with Crippen molar-refractivity contribution in [2.45, 2.75) is 0 Å². The van der Waals surface area contributed by atoms with Crippen LogP contribution in [0.4, 0.5) is 22.7 Å². The van der Waals surface area contributed by atoms with Crippen molar-refractivity contribution < 1.29 is 14.3 Å². The van der Waals surface area contributed by atoms with Crippen LogP contribution in [0.3, 0.4) is 0 Å². The van der Waals surface area contributed by atoms with Gasteiger partial charge in [-0.15, -0.1) is 0 Å². The third-order valence-electron chi connectivity index (χ3n) is 5.88. The SMILES string of the molecule is COc1cccc(OC)c1C(=O)Nc1ccc(N2C=CCNc3c2ccc2ccccc32)cc1. The van der Waals surface area contributed by atoms with Gasteiger partial charge in [-0.25, -0.2) is 0 Å². The normalized spacial score (nSPS) is 12.5. The Hall–Kier alpha value is -4.45. The van der Waals surface area contributed by atoms with Crippen molar-refractivity contribution in [3.63, 3.8) is 0 Å². The van der Waals surface area contributed by atoms with E-state index in [0.29, 0.717) is 22.7 Å². The maximum atomic E-state index is 13.0. The minimum Gasteiger partial charge on any atom is -0.496 e. The molecular formula is C28H25N3O3. The Labute approximate surface area is 198 Å². The minimum absolute atomic E-state index is 0.294.